The van der Waals surface area contributed by atoms with Crippen LogP contribution in [0.1, 0.15) is 57.8 Å². The van der Waals surface area contributed by atoms with Crippen LogP contribution in [0, 0.1) is 19.8 Å². The van der Waals surface area contributed by atoms with Crippen LogP contribution in [0.2, 0.25) is 0 Å². The first kappa shape index (κ1) is 27.5. The van der Waals surface area contributed by atoms with Crippen molar-refractivity contribution in [3.05, 3.63) is 77.5 Å². The van der Waals surface area contributed by atoms with Gasteiger partial charge in [-0.2, -0.15) is 18.3 Å². The fourth-order valence-corrected chi connectivity index (χ4v) is 5.18. The maximum Gasteiger partial charge on any atom is 0.389 e. The summed E-state index contributed by atoms with van der Waals surface area (Å²) in [6, 6.07) is 10.8. The third-order valence-electron chi connectivity index (χ3n) is 7.54. The predicted octanol–water partition coefficient (Wildman–Crippen LogP) is 6.19. The summed E-state index contributed by atoms with van der Waals surface area (Å²) >= 11 is 0. The Morgan fingerprint density at radius 2 is 1.62 bits per heavy atom. The van der Waals surface area contributed by atoms with E-state index in [1.165, 1.54) is 0 Å². The van der Waals surface area contributed by atoms with Crippen molar-refractivity contribution in [1.29, 1.82) is 0 Å². The van der Waals surface area contributed by atoms with Gasteiger partial charge in [-0.05, 0) is 68.0 Å². The number of piperidine rings is 1. The van der Waals surface area contributed by atoms with Crippen molar-refractivity contribution in [1.82, 2.24) is 24.6 Å². The summed E-state index contributed by atoms with van der Waals surface area (Å²) in [5.74, 6) is 0.531. The minimum absolute atomic E-state index is 0.00771. The van der Waals surface area contributed by atoms with E-state index < -0.39 is 24.8 Å². The van der Waals surface area contributed by atoms with Gasteiger partial charge in [0, 0.05) is 66.7 Å². The van der Waals surface area contributed by atoms with Gasteiger partial charge in [0.1, 0.15) is 5.82 Å². The Hall–Kier alpha value is -4.08. The standard InChI is InChI=1S/C30H30F3N5O2/c1-19-25(28(39)9-12-30(31,32)33)7-8-27-26(19)18-38(36-27)17-21-10-13-37(14-11-21)29(40)23-5-3-22(4-6-23)24-15-34-20(2)35-16-24/h3-8,15-16,18,21H,9-14,17H2,1-2H3. The normalized spacial score (nSPS) is 14.6. The fraction of sp³-hybridized carbons (Fsp3) is 0.367. The molecule has 10 heteroatoms. The van der Waals surface area contributed by atoms with Crippen molar-refractivity contribution in [3.8, 4) is 11.1 Å². The minimum atomic E-state index is -4.36. The number of halogens is 3. The Balaban J connectivity index is 1.18. The van der Waals surface area contributed by atoms with Crippen LogP contribution >= 0.6 is 0 Å². The van der Waals surface area contributed by atoms with Crippen molar-refractivity contribution in [3.63, 3.8) is 0 Å². The molecule has 1 aliphatic heterocycles. The van der Waals surface area contributed by atoms with Gasteiger partial charge in [0.05, 0.1) is 11.9 Å². The highest BCUT2D eigenvalue weighted by Gasteiger charge is 2.29. The van der Waals surface area contributed by atoms with Crippen LogP contribution in [0.4, 0.5) is 13.2 Å². The number of aromatic nitrogens is 4. The lowest BCUT2D eigenvalue weighted by atomic mass is 9.96. The molecule has 1 fully saturated rings. The SMILES string of the molecule is Cc1ncc(-c2ccc(C(=O)N3CCC(Cn4cc5c(C)c(C(=O)CCC(F)(F)F)ccc5n4)CC3)cc2)cn1. The molecule has 0 radical (unpaired) electrons. The van der Waals surface area contributed by atoms with Gasteiger partial charge in [0.15, 0.2) is 5.78 Å². The number of likely N-dealkylation sites (tertiary alicyclic amines) is 1. The molecule has 2 aromatic carbocycles. The predicted molar refractivity (Wildman–Crippen MR) is 145 cm³/mol. The molecule has 0 spiro atoms. The second-order valence-corrected chi connectivity index (χ2v) is 10.4. The van der Waals surface area contributed by atoms with Gasteiger partial charge in [0.2, 0.25) is 0 Å². The molecule has 5 rings (SSSR count). The second kappa shape index (κ2) is 11.2. The van der Waals surface area contributed by atoms with E-state index in [4.69, 9.17) is 0 Å². The van der Waals surface area contributed by atoms with Crippen LogP contribution in [-0.2, 0) is 6.54 Å². The molecule has 0 atom stereocenters. The second-order valence-electron chi connectivity index (χ2n) is 10.4. The Bertz CT molecular complexity index is 1520. The maximum absolute atomic E-state index is 13.1. The number of rotatable bonds is 7. The molecule has 2 aromatic heterocycles. The Labute approximate surface area is 230 Å². The molecule has 0 N–H and O–H groups in total. The van der Waals surface area contributed by atoms with Crippen LogP contribution in [0.5, 0.6) is 0 Å². The quantitative estimate of drug-likeness (QED) is 0.257. The van der Waals surface area contributed by atoms with Crippen LogP contribution < -0.4 is 0 Å². The number of Topliss-reactive ketones (excluding diaryl/α,β-unsaturated/α-hetero) is 1. The van der Waals surface area contributed by atoms with Crippen molar-refractivity contribution < 1.29 is 22.8 Å². The third kappa shape index (κ3) is 6.21. The highest BCUT2D eigenvalue weighted by atomic mass is 19.4. The number of amides is 1. The number of fused-ring (bicyclic) bond motifs is 1. The van der Waals surface area contributed by atoms with E-state index in [-0.39, 0.29) is 5.91 Å². The lowest BCUT2D eigenvalue weighted by molar-refractivity contribution is -0.133. The number of hydrogen-bond acceptors (Lipinski definition) is 5. The molecule has 7 nitrogen and oxygen atoms in total. The number of carbonyl (C=O) groups excluding carboxylic acids is 2. The monoisotopic (exact) mass is 549 g/mol. The van der Waals surface area contributed by atoms with E-state index in [0.717, 1.165) is 29.4 Å². The summed E-state index contributed by atoms with van der Waals surface area (Å²) in [5, 5.41) is 5.40. The molecule has 0 bridgehead atoms. The summed E-state index contributed by atoms with van der Waals surface area (Å²) in [7, 11) is 0. The number of ketones is 1. The Morgan fingerprint density at radius 1 is 0.950 bits per heavy atom. The summed E-state index contributed by atoms with van der Waals surface area (Å²) in [6.45, 7) is 5.55. The number of carbonyl (C=O) groups is 2. The van der Waals surface area contributed by atoms with Crippen molar-refractivity contribution in [2.75, 3.05) is 13.1 Å². The zero-order valence-electron chi connectivity index (χ0n) is 22.4. The highest BCUT2D eigenvalue weighted by Crippen LogP contribution is 2.28. The first-order valence-electron chi connectivity index (χ1n) is 13.3. The average Bonchev–Trinajstić information content (AvgIpc) is 3.35. The summed E-state index contributed by atoms with van der Waals surface area (Å²) < 4.78 is 39.5. The lowest BCUT2D eigenvalue weighted by Crippen LogP contribution is -2.39. The van der Waals surface area contributed by atoms with Gasteiger partial charge in [-0.25, -0.2) is 9.97 Å². The smallest absolute Gasteiger partial charge is 0.339 e. The summed E-state index contributed by atoms with van der Waals surface area (Å²) in [6.07, 6.45) is 1.02. The van der Waals surface area contributed by atoms with E-state index in [2.05, 4.69) is 15.1 Å². The first-order chi connectivity index (χ1) is 19.1. The van der Waals surface area contributed by atoms with E-state index >= 15 is 0 Å². The van der Waals surface area contributed by atoms with Crippen molar-refractivity contribution in [2.24, 2.45) is 5.92 Å². The number of nitrogens with zero attached hydrogens (tertiary/aromatic N) is 5. The van der Waals surface area contributed by atoms with Gasteiger partial charge in [-0.3, -0.25) is 14.3 Å². The Kier molecular flexibility index (Phi) is 7.69. The van der Waals surface area contributed by atoms with Gasteiger partial charge in [-0.15, -0.1) is 0 Å². The van der Waals surface area contributed by atoms with Crippen LogP contribution in [0.15, 0.2) is 55.0 Å². The maximum atomic E-state index is 13.1. The van der Waals surface area contributed by atoms with E-state index in [1.54, 1.807) is 31.5 Å². The molecule has 0 aliphatic carbocycles. The van der Waals surface area contributed by atoms with Gasteiger partial charge in [0.25, 0.3) is 5.91 Å². The van der Waals surface area contributed by atoms with Crippen molar-refractivity contribution in [2.45, 2.75) is 52.3 Å². The van der Waals surface area contributed by atoms with E-state index in [1.807, 2.05) is 47.0 Å². The topological polar surface area (TPSA) is 81.0 Å². The summed E-state index contributed by atoms with van der Waals surface area (Å²) in [4.78, 5) is 35.8. The van der Waals surface area contributed by atoms with E-state index in [9.17, 15) is 22.8 Å². The largest absolute Gasteiger partial charge is 0.389 e. The number of aryl methyl sites for hydroxylation is 2. The van der Waals surface area contributed by atoms with Gasteiger partial charge < -0.3 is 4.90 Å². The molecular weight excluding hydrogens is 519 g/mol. The lowest BCUT2D eigenvalue weighted by Gasteiger charge is -2.32. The molecule has 1 saturated heterocycles. The third-order valence-corrected chi connectivity index (χ3v) is 7.54. The highest BCUT2D eigenvalue weighted by molar-refractivity contribution is 6.01. The minimum Gasteiger partial charge on any atom is -0.339 e. The number of hydrogen-bond donors (Lipinski definition) is 0. The van der Waals surface area contributed by atoms with Crippen molar-refractivity contribution >= 4 is 22.6 Å². The number of alkyl halides is 3. The molecule has 4 aromatic rings. The molecular formula is C30H30F3N5O2. The molecule has 1 aliphatic rings. The van der Waals surface area contributed by atoms with E-state index in [0.29, 0.717) is 53.6 Å². The Morgan fingerprint density at radius 3 is 2.27 bits per heavy atom. The molecule has 40 heavy (non-hydrogen) atoms. The van der Waals surface area contributed by atoms with Crippen LogP contribution in [0.3, 0.4) is 0 Å². The zero-order valence-corrected chi connectivity index (χ0v) is 22.4. The summed E-state index contributed by atoms with van der Waals surface area (Å²) in [5.41, 5.74) is 4.16. The molecule has 208 valence electrons. The molecule has 0 unspecified atom stereocenters. The molecule has 3 heterocycles. The van der Waals surface area contributed by atoms with Crippen LogP contribution in [0.25, 0.3) is 22.0 Å². The zero-order chi connectivity index (χ0) is 28.4. The van der Waals surface area contributed by atoms with Gasteiger partial charge >= 0.3 is 6.18 Å². The average molecular weight is 550 g/mol. The van der Waals surface area contributed by atoms with Gasteiger partial charge in [-0.1, -0.05) is 12.1 Å². The van der Waals surface area contributed by atoms with Crippen LogP contribution in [-0.4, -0.2) is 55.6 Å². The fourth-order valence-electron chi connectivity index (χ4n) is 5.18. The molecule has 0 saturated carbocycles. The number of benzene rings is 2. The first-order valence-corrected chi connectivity index (χ1v) is 13.3. The molecule has 1 amide bonds.